The largest absolute Gasteiger partial charge is 0.451 e. The van der Waals surface area contributed by atoms with Crippen LogP contribution in [0.4, 0.5) is 0 Å². The molecule has 116 valence electrons. The van der Waals surface area contributed by atoms with Gasteiger partial charge in [-0.1, -0.05) is 30.0 Å². The topological polar surface area (TPSA) is 88.6 Å². The van der Waals surface area contributed by atoms with Gasteiger partial charge in [-0.2, -0.15) is 0 Å². The van der Waals surface area contributed by atoms with Crippen LogP contribution in [0.1, 0.15) is 10.5 Å². The number of hydrogen-bond acceptors (Lipinski definition) is 7. The number of amides is 2. The maximum absolute atomic E-state index is 11.6. The highest BCUT2D eigenvalue weighted by molar-refractivity contribution is 8.23. The van der Waals surface area contributed by atoms with Crippen molar-refractivity contribution in [3.05, 3.63) is 30.1 Å². The summed E-state index contributed by atoms with van der Waals surface area (Å²) in [5, 5.41) is 2.56. The second kappa shape index (κ2) is 7.85. The molecule has 0 aromatic carbocycles. The van der Waals surface area contributed by atoms with E-state index in [2.05, 4.69) is 10.3 Å². The third-order valence-corrected chi connectivity index (χ3v) is 4.14. The lowest BCUT2D eigenvalue weighted by molar-refractivity contribution is -0.126. The number of nitrogens with one attached hydrogen (secondary N) is 1. The van der Waals surface area contributed by atoms with Crippen LogP contribution in [-0.2, 0) is 14.3 Å². The lowest BCUT2D eigenvalue weighted by Crippen LogP contribution is -2.38. The molecule has 0 spiro atoms. The summed E-state index contributed by atoms with van der Waals surface area (Å²) in [5.41, 5.74) is 0.139. The van der Waals surface area contributed by atoms with Crippen molar-refractivity contribution >= 4 is 46.1 Å². The Kier molecular flexibility index (Phi) is 5.84. The van der Waals surface area contributed by atoms with Gasteiger partial charge in [-0.15, -0.1) is 0 Å². The maximum atomic E-state index is 11.6. The van der Waals surface area contributed by atoms with Gasteiger partial charge in [-0.25, -0.2) is 9.78 Å². The Morgan fingerprint density at radius 3 is 2.91 bits per heavy atom. The van der Waals surface area contributed by atoms with Gasteiger partial charge >= 0.3 is 5.97 Å². The molecule has 1 aromatic heterocycles. The number of ether oxygens (including phenoxy) is 1. The van der Waals surface area contributed by atoms with E-state index in [0.717, 1.165) is 0 Å². The summed E-state index contributed by atoms with van der Waals surface area (Å²) in [6.45, 7) is 0.152. The van der Waals surface area contributed by atoms with Gasteiger partial charge in [-0.05, 0) is 12.1 Å². The molecule has 1 aliphatic heterocycles. The minimum atomic E-state index is -0.664. The van der Waals surface area contributed by atoms with Crippen molar-refractivity contribution in [2.75, 3.05) is 25.4 Å². The van der Waals surface area contributed by atoms with Crippen molar-refractivity contribution in [1.29, 1.82) is 0 Å². The standard InChI is InChI=1S/C13H13N3O4S2/c17-10(7-20-12(19)9-3-1-2-4-14-9)15-5-6-16-11(18)8-22-13(16)21/h1-4H,5-8H2,(H,15,17). The third kappa shape index (κ3) is 4.50. The van der Waals surface area contributed by atoms with Gasteiger partial charge in [0.05, 0.1) is 5.75 Å². The van der Waals surface area contributed by atoms with Crippen LogP contribution in [0.5, 0.6) is 0 Å². The number of aromatic nitrogens is 1. The van der Waals surface area contributed by atoms with Crippen LogP contribution in [0.3, 0.4) is 0 Å². The Morgan fingerprint density at radius 2 is 2.27 bits per heavy atom. The summed E-state index contributed by atoms with van der Waals surface area (Å²) in [4.78, 5) is 39.9. The molecule has 0 radical (unpaired) electrons. The van der Waals surface area contributed by atoms with Gasteiger partial charge in [0.2, 0.25) is 5.91 Å². The molecule has 2 rings (SSSR count). The second-order valence-corrected chi connectivity index (χ2v) is 5.85. The van der Waals surface area contributed by atoms with Gasteiger partial charge in [0.25, 0.3) is 5.91 Å². The maximum Gasteiger partial charge on any atom is 0.357 e. The van der Waals surface area contributed by atoms with Gasteiger partial charge in [0, 0.05) is 19.3 Å². The van der Waals surface area contributed by atoms with E-state index in [9.17, 15) is 14.4 Å². The number of carbonyl (C=O) groups is 3. The van der Waals surface area contributed by atoms with E-state index < -0.39 is 18.5 Å². The number of carbonyl (C=O) groups excluding carboxylic acids is 3. The molecule has 9 heteroatoms. The molecular formula is C13H13N3O4S2. The molecule has 0 atom stereocenters. The molecule has 1 aromatic rings. The summed E-state index contributed by atoms with van der Waals surface area (Å²) in [7, 11) is 0. The monoisotopic (exact) mass is 339 g/mol. The number of esters is 1. The summed E-state index contributed by atoms with van der Waals surface area (Å²) in [6, 6.07) is 4.82. The first-order valence-electron chi connectivity index (χ1n) is 6.40. The number of thiocarbonyl (C=S) groups is 1. The highest BCUT2D eigenvalue weighted by atomic mass is 32.2. The lowest BCUT2D eigenvalue weighted by atomic mass is 10.3. The zero-order valence-corrected chi connectivity index (χ0v) is 13.1. The quantitative estimate of drug-likeness (QED) is 0.585. The van der Waals surface area contributed by atoms with E-state index in [-0.39, 0.29) is 18.1 Å². The number of thioether (sulfide) groups is 1. The summed E-state index contributed by atoms with van der Waals surface area (Å²) in [6.07, 6.45) is 1.46. The highest BCUT2D eigenvalue weighted by Gasteiger charge is 2.25. The molecule has 2 heterocycles. The minimum absolute atomic E-state index is 0.0640. The van der Waals surface area contributed by atoms with Gasteiger partial charge < -0.3 is 10.1 Å². The predicted molar refractivity (Wildman–Crippen MR) is 84.3 cm³/mol. The van der Waals surface area contributed by atoms with Crippen LogP contribution in [0.15, 0.2) is 24.4 Å². The fraction of sp³-hybridized carbons (Fsp3) is 0.308. The van der Waals surface area contributed by atoms with E-state index in [1.165, 1.54) is 28.9 Å². The number of rotatable bonds is 6. The number of nitrogens with zero attached hydrogens (tertiary/aromatic N) is 2. The first kappa shape index (κ1) is 16.4. The fourth-order valence-corrected chi connectivity index (χ4v) is 2.77. The van der Waals surface area contributed by atoms with Crippen LogP contribution in [-0.4, -0.2) is 57.4 Å². The minimum Gasteiger partial charge on any atom is -0.451 e. The van der Waals surface area contributed by atoms with E-state index in [1.54, 1.807) is 12.1 Å². The Hall–Kier alpha value is -2.00. The highest BCUT2D eigenvalue weighted by Crippen LogP contribution is 2.18. The summed E-state index contributed by atoms with van der Waals surface area (Å²) in [5.74, 6) is -0.836. The van der Waals surface area contributed by atoms with Crippen LogP contribution in [0.2, 0.25) is 0 Å². The van der Waals surface area contributed by atoms with Gasteiger partial charge in [0.1, 0.15) is 10.0 Å². The molecule has 0 bridgehead atoms. The predicted octanol–water partition coefficient (Wildman–Crippen LogP) is 0.215. The average molecular weight is 339 g/mol. The molecule has 22 heavy (non-hydrogen) atoms. The average Bonchev–Trinajstić information content (AvgIpc) is 2.85. The van der Waals surface area contributed by atoms with Crippen molar-refractivity contribution < 1.29 is 19.1 Å². The number of hydrogen-bond donors (Lipinski definition) is 1. The zero-order chi connectivity index (χ0) is 15.9. The smallest absolute Gasteiger partial charge is 0.357 e. The fourth-order valence-electron chi connectivity index (χ4n) is 1.64. The first-order chi connectivity index (χ1) is 10.6. The van der Waals surface area contributed by atoms with Crippen LogP contribution < -0.4 is 5.32 Å². The Balaban J connectivity index is 1.67. The Morgan fingerprint density at radius 1 is 1.45 bits per heavy atom. The summed E-state index contributed by atoms with van der Waals surface area (Å²) < 4.78 is 5.35. The first-order valence-corrected chi connectivity index (χ1v) is 7.79. The molecule has 1 saturated heterocycles. The Labute approximate surface area is 136 Å². The van der Waals surface area contributed by atoms with Crippen molar-refractivity contribution in [3.8, 4) is 0 Å². The van der Waals surface area contributed by atoms with Gasteiger partial charge in [-0.3, -0.25) is 14.5 Å². The zero-order valence-electron chi connectivity index (χ0n) is 11.5. The van der Waals surface area contributed by atoms with Crippen molar-refractivity contribution in [3.63, 3.8) is 0 Å². The molecule has 0 aliphatic carbocycles. The van der Waals surface area contributed by atoms with Crippen LogP contribution in [0, 0.1) is 0 Å². The van der Waals surface area contributed by atoms with E-state index in [0.29, 0.717) is 16.6 Å². The molecule has 1 fully saturated rings. The Bertz CT molecular complexity index is 578. The SMILES string of the molecule is O=C(COC(=O)c1ccccn1)NCCN1C(=O)CSC1=S. The lowest BCUT2D eigenvalue weighted by Gasteiger charge is -2.15. The molecular weight excluding hydrogens is 326 g/mol. The van der Waals surface area contributed by atoms with Crippen molar-refractivity contribution in [2.45, 2.75) is 0 Å². The van der Waals surface area contributed by atoms with E-state index >= 15 is 0 Å². The molecule has 0 saturated carbocycles. The molecule has 1 aliphatic rings. The number of pyridine rings is 1. The van der Waals surface area contributed by atoms with E-state index in [1.807, 2.05) is 0 Å². The van der Waals surface area contributed by atoms with Crippen LogP contribution >= 0.6 is 24.0 Å². The van der Waals surface area contributed by atoms with Crippen molar-refractivity contribution in [1.82, 2.24) is 15.2 Å². The molecule has 1 N–H and O–H groups in total. The summed E-state index contributed by atoms with van der Waals surface area (Å²) >= 11 is 6.32. The van der Waals surface area contributed by atoms with Crippen molar-refractivity contribution in [2.24, 2.45) is 0 Å². The van der Waals surface area contributed by atoms with E-state index in [4.69, 9.17) is 17.0 Å². The molecule has 2 amide bonds. The molecule has 7 nitrogen and oxygen atoms in total. The normalized spacial score (nSPS) is 14.1. The van der Waals surface area contributed by atoms with Crippen LogP contribution in [0.25, 0.3) is 0 Å². The third-order valence-electron chi connectivity index (χ3n) is 2.71. The second-order valence-electron chi connectivity index (χ2n) is 4.24. The molecule has 0 unspecified atom stereocenters. The van der Waals surface area contributed by atoms with Gasteiger partial charge in [0.15, 0.2) is 6.61 Å².